The van der Waals surface area contributed by atoms with E-state index in [1.807, 2.05) is 42.5 Å². The van der Waals surface area contributed by atoms with Gasteiger partial charge in [0, 0.05) is 36.4 Å². The van der Waals surface area contributed by atoms with Crippen LogP contribution in [0, 0.1) is 5.92 Å². The van der Waals surface area contributed by atoms with E-state index in [2.05, 4.69) is 37.2 Å². The molecule has 3 aromatic carbocycles. The van der Waals surface area contributed by atoms with Crippen LogP contribution in [0.25, 0.3) is 16.5 Å². The van der Waals surface area contributed by atoms with Gasteiger partial charge < -0.3 is 29.1 Å². The number of nitrogens with zero attached hydrogens (tertiary/aromatic N) is 4. The monoisotopic (exact) mass is 766 g/mol. The van der Waals surface area contributed by atoms with Crippen molar-refractivity contribution in [2.75, 3.05) is 38.8 Å². The summed E-state index contributed by atoms with van der Waals surface area (Å²) in [6, 6.07) is 20.6. The summed E-state index contributed by atoms with van der Waals surface area (Å²) in [7, 11) is 0.433. The molecule has 2 amide bonds. The molecule has 5 atom stereocenters. The zero-order chi connectivity index (χ0) is 39.1. The van der Waals surface area contributed by atoms with Gasteiger partial charge in [-0.3, -0.25) is 19.2 Å². The van der Waals surface area contributed by atoms with E-state index >= 15 is 4.79 Å². The number of anilines is 1. The van der Waals surface area contributed by atoms with Gasteiger partial charge in [-0.15, -0.1) is 0 Å². The highest BCUT2D eigenvalue weighted by molar-refractivity contribution is 6.91. The van der Waals surface area contributed by atoms with Crippen molar-refractivity contribution < 1.29 is 33.7 Å². The fraction of sp³-hybridized carbons (Fsp3) is 0.452. The second-order valence-corrected chi connectivity index (χ2v) is 20.3. The topological polar surface area (TPSA) is 140 Å². The number of carbonyl (C=O) groups is 3. The van der Waals surface area contributed by atoms with E-state index in [9.17, 15) is 19.5 Å². The fourth-order valence-corrected chi connectivity index (χ4v) is 13.4. The molecular formula is C42H50N4O8Si. The summed E-state index contributed by atoms with van der Waals surface area (Å²) in [6.07, 6.45) is 3.98. The molecule has 55 heavy (non-hydrogen) atoms. The van der Waals surface area contributed by atoms with Gasteiger partial charge in [-0.05, 0) is 67.6 Å². The first-order valence-electron chi connectivity index (χ1n) is 19.2. The van der Waals surface area contributed by atoms with E-state index in [1.54, 1.807) is 35.2 Å². The SMILES string of the molecule is COC(=O)CCCCN1C(=O)[C@@]2(O[C@@H](CC(=O)N3CCC[C@H]3CO)[C@H]([Si](C)(C)c3ccc(OC)cc3)[C@H]2C)c2cc(-n3ncc4ccccc4c3=O)ccc21. The molecule has 0 saturated carbocycles. The van der Waals surface area contributed by atoms with Crippen LogP contribution in [0.3, 0.4) is 0 Å². The Bertz CT molecular complexity index is 2160. The van der Waals surface area contributed by atoms with Crippen LogP contribution in [-0.4, -0.2) is 91.7 Å². The Morgan fingerprint density at radius 3 is 2.53 bits per heavy atom. The highest BCUT2D eigenvalue weighted by Crippen LogP contribution is 2.60. The van der Waals surface area contributed by atoms with Gasteiger partial charge in [-0.2, -0.15) is 9.78 Å². The van der Waals surface area contributed by atoms with Gasteiger partial charge in [0.15, 0.2) is 5.60 Å². The maximum absolute atomic E-state index is 15.2. The molecular weight excluding hydrogens is 717 g/mol. The number of esters is 1. The van der Waals surface area contributed by atoms with Crippen LogP contribution >= 0.6 is 0 Å². The van der Waals surface area contributed by atoms with E-state index in [1.165, 1.54) is 11.8 Å². The lowest BCUT2D eigenvalue weighted by atomic mass is 9.82. The van der Waals surface area contributed by atoms with E-state index in [-0.39, 0.29) is 60.3 Å². The van der Waals surface area contributed by atoms with Crippen LogP contribution in [-0.2, 0) is 29.5 Å². The molecule has 0 unspecified atom stereocenters. The number of methoxy groups -OCH3 is 2. The third-order valence-corrected chi connectivity index (χ3v) is 16.6. The van der Waals surface area contributed by atoms with Crippen molar-refractivity contribution in [2.24, 2.45) is 5.92 Å². The maximum Gasteiger partial charge on any atom is 0.305 e. The first-order valence-corrected chi connectivity index (χ1v) is 22.3. The lowest BCUT2D eigenvalue weighted by molar-refractivity contribution is -0.150. The number of aliphatic hydroxyl groups excluding tert-OH is 1. The molecule has 4 heterocycles. The van der Waals surface area contributed by atoms with Crippen molar-refractivity contribution in [1.29, 1.82) is 0 Å². The zero-order valence-electron chi connectivity index (χ0n) is 32.2. The maximum atomic E-state index is 15.2. The first kappa shape index (κ1) is 38.4. The summed E-state index contributed by atoms with van der Waals surface area (Å²) in [5.74, 6) is -0.273. The highest BCUT2D eigenvalue weighted by Gasteiger charge is 2.66. The number of hydrogen-bond acceptors (Lipinski definition) is 9. The third-order valence-electron chi connectivity index (χ3n) is 12.3. The van der Waals surface area contributed by atoms with Crippen molar-refractivity contribution in [3.63, 3.8) is 0 Å². The summed E-state index contributed by atoms with van der Waals surface area (Å²) in [4.78, 5) is 58.7. The lowest BCUT2D eigenvalue weighted by Gasteiger charge is -2.37. The molecule has 2 fully saturated rings. The summed E-state index contributed by atoms with van der Waals surface area (Å²) in [5, 5.41) is 17.0. The average Bonchev–Trinajstić information content (AvgIpc) is 3.86. The zero-order valence-corrected chi connectivity index (χ0v) is 33.2. The molecule has 3 aliphatic rings. The molecule has 290 valence electrons. The Morgan fingerprint density at radius 1 is 1.04 bits per heavy atom. The van der Waals surface area contributed by atoms with E-state index in [4.69, 9.17) is 14.2 Å². The van der Waals surface area contributed by atoms with Crippen LogP contribution in [0.2, 0.25) is 18.6 Å². The van der Waals surface area contributed by atoms with Crippen LogP contribution in [0.1, 0.15) is 51.0 Å². The molecule has 0 radical (unpaired) electrons. The second kappa shape index (κ2) is 15.4. The van der Waals surface area contributed by atoms with E-state index < -0.39 is 19.8 Å². The van der Waals surface area contributed by atoms with E-state index in [0.29, 0.717) is 48.3 Å². The summed E-state index contributed by atoms with van der Waals surface area (Å²) in [5.41, 5.74) is -0.151. The Hall–Kier alpha value is -4.85. The molecule has 7 rings (SSSR count). The van der Waals surface area contributed by atoms with Gasteiger partial charge in [0.25, 0.3) is 11.5 Å². The van der Waals surface area contributed by atoms with Gasteiger partial charge in [0.2, 0.25) is 5.91 Å². The van der Waals surface area contributed by atoms with Gasteiger partial charge in [0.05, 0.1) is 70.4 Å². The van der Waals surface area contributed by atoms with Gasteiger partial charge in [-0.1, -0.05) is 55.5 Å². The van der Waals surface area contributed by atoms with Gasteiger partial charge in [0.1, 0.15) is 5.75 Å². The molecule has 3 aliphatic heterocycles. The minimum atomic E-state index is -2.56. The van der Waals surface area contributed by atoms with Crippen molar-refractivity contribution >= 4 is 47.5 Å². The van der Waals surface area contributed by atoms with E-state index in [0.717, 1.165) is 29.2 Å². The molecule has 0 bridgehead atoms. The predicted molar refractivity (Wildman–Crippen MR) is 212 cm³/mol. The molecule has 12 nitrogen and oxygen atoms in total. The number of hydrogen-bond donors (Lipinski definition) is 1. The van der Waals surface area contributed by atoms with Crippen LogP contribution in [0.5, 0.6) is 5.75 Å². The number of rotatable bonds is 12. The summed E-state index contributed by atoms with van der Waals surface area (Å²) < 4.78 is 18.9. The largest absolute Gasteiger partial charge is 0.497 e. The normalized spacial score (nSPS) is 23.5. The summed E-state index contributed by atoms with van der Waals surface area (Å²) in [6.45, 7) is 7.40. The van der Waals surface area contributed by atoms with Crippen molar-refractivity contribution in [3.8, 4) is 11.4 Å². The number of aromatic nitrogens is 2. The van der Waals surface area contributed by atoms with Crippen LogP contribution in [0.4, 0.5) is 5.69 Å². The average molecular weight is 767 g/mol. The second-order valence-electron chi connectivity index (χ2n) is 15.6. The predicted octanol–water partition coefficient (Wildman–Crippen LogP) is 4.67. The molecule has 4 aromatic rings. The number of fused-ring (bicyclic) bond motifs is 3. The minimum Gasteiger partial charge on any atom is -0.497 e. The number of carbonyl (C=O) groups excluding carboxylic acids is 3. The number of unbranched alkanes of at least 4 members (excludes halogenated alkanes) is 1. The molecule has 1 N–H and O–H groups in total. The van der Waals surface area contributed by atoms with Crippen molar-refractivity contribution in [3.05, 3.63) is 88.8 Å². The summed E-state index contributed by atoms with van der Waals surface area (Å²) >= 11 is 0. The number of likely N-dealkylation sites (tertiary alicyclic amines) is 1. The highest BCUT2D eigenvalue weighted by atomic mass is 28.3. The molecule has 1 aromatic heterocycles. The number of ether oxygens (including phenoxy) is 3. The van der Waals surface area contributed by atoms with Crippen molar-refractivity contribution in [2.45, 2.75) is 81.8 Å². The van der Waals surface area contributed by atoms with Crippen LogP contribution in [0.15, 0.2) is 77.7 Å². The Kier molecular flexibility index (Phi) is 10.7. The quantitative estimate of drug-likeness (QED) is 0.124. The van der Waals surface area contributed by atoms with Gasteiger partial charge >= 0.3 is 5.97 Å². The fourth-order valence-electron chi connectivity index (χ4n) is 9.41. The third kappa shape index (κ3) is 6.65. The lowest BCUT2D eigenvalue weighted by Crippen LogP contribution is -2.52. The Labute approximate surface area is 322 Å². The number of amides is 2. The van der Waals surface area contributed by atoms with Gasteiger partial charge in [-0.25, -0.2) is 0 Å². The van der Waals surface area contributed by atoms with Crippen LogP contribution < -0.4 is 20.4 Å². The smallest absolute Gasteiger partial charge is 0.305 e. The Balaban J connectivity index is 1.35. The molecule has 0 aliphatic carbocycles. The first-order chi connectivity index (χ1) is 26.5. The molecule has 1 spiro atoms. The number of benzene rings is 3. The molecule has 2 saturated heterocycles. The molecule has 13 heteroatoms. The van der Waals surface area contributed by atoms with Crippen molar-refractivity contribution in [1.82, 2.24) is 14.7 Å². The Morgan fingerprint density at radius 2 is 1.80 bits per heavy atom. The minimum absolute atomic E-state index is 0.0625. The standard InChI is InChI=1S/C42H50N4O8Si/c1-27-39(55(4,5)32-18-16-31(52-2)17-19-32)36(24-37(48)44-22-10-12-30(44)26-47)54-42(27)34-23-29(46-40(50)33-13-7-6-11-28(33)25-43-46)15-20-35(34)45(41(42)51)21-9-8-14-38(49)53-3/h6-7,11,13,15-20,23,25,27,30,36,39,47H,8-10,12,14,21-22,24,26H2,1-5H3/t27-,30+,36+,39-,42+/m1/s1. The number of aliphatic hydroxyl groups is 1.